The van der Waals surface area contributed by atoms with Gasteiger partial charge in [0.2, 0.25) is 10.0 Å². The maximum Gasteiger partial charge on any atom is 0.253 e. The second-order valence-corrected chi connectivity index (χ2v) is 8.59. The third kappa shape index (κ3) is 5.41. The molecule has 1 saturated heterocycles. The summed E-state index contributed by atoms with van der Waals surface area (Å²) >= 11 is 0. The Morgan fingerprint density at radius 1 is 1.28 bits per heavy atom. The molecule has 1 aromatic carbocycles. The number of carbonyl (C=O) groups excluding carboxylic acids is 1. The van der Waals surface area contributed by atoms with E-state index in [-0.39, 0.29) is 23.2 Å². The zero-order valence-corrected chi connectivity index (χ0v) is 16.7. The quantitative estimate of drug-likeness (QED) is 0.805. The van der Waals surface area contributed by atoms with Crippen molar-refractivity contribution in [3.8, 4) is 0 Å². The number of carbonyl (C=O) groups is 1. The molecule has 0 atom stereocenters. The minimum absolute atomic E-state index is 0. The van der Waals surface area contributed by atoms with Crippen molar-refractivity contribution >= 4 is 28.3 Å². The fourth-order valence-electron chi connectivity index (χ4n) is 2.96. The van der Waals surface area contributed by atoms with E-state index in [9.17, 15) is 13.2 Å². The van der Waals surface area contributed by atoms with Crippen molar-refractivity contribution in [1.82, 2.24) is 14.5 Å². The zero-order valence-electron chi connectivity index (χ0n) is 15.1. The summed E-state index contributed by atoms with van der Waals surface area (Å²) < 4.78 is 25.6. The van der Waals surface area contributed by atoms with Crippen LogP contribution in [0, 0.1) is 5.92 Å². The monoisotopic (exact) mass is 389 g/mol. The van der Waals surface area contributed by atoms with Gasteiger partial charge in [0.05, 0.1) is 4.90 Å². The van der Waals surface area contributed by atoms with Gasteiger partial charge in [-0.05, 0) is 57.0 Å². The second kappa shape index (κ2) is 9.52. The summed E-state index contributed by atoms with van der Waals surface area (Å²) in [6.45, 7) is 2.47. The molecule has 2 rings (SSSR count). The number of sulfonamides is 1. The number of hydrogen-bond donors (Lipinski definition) is 1. The van der Waals surface area contributed by atoms with Gasteiger partial charge in [-0.25, -0.2) is 12.7 Å². The van der Waals surface area contributed by atoms with Crippen LogP contribution >= 0.6 is 12.4 Å². The lowest BCUT2D eigenvalue weighted by molar-refractivity contribution is 0.0687. The number of piperidine rings is 1. The van der Waals surface area contributed by atoms with E-state index in [0.717, 1.165) is 43.2 Å². The maximum atomic E-state index is 12.7. The zero-order chi connectivity index (χ0) is 17.7. The van der Waals surface area contributed by atoms with Crippen LogP contribution in [0.1, 0.15) is 29.6 Å². The highest BCUT2D eigenvalue weighted by atomic mass is 35.5. The molecule has 0 spiro atoms. The Morgan fingerprint density at radius 2 is 1.92 bits per heavy atom. The average Bonchev–Trinajstić information content (AvgIpc) is 2.59. The Morgan fingerprint density at radius 3 is 2.48 bits per heavy atom. The molecular weight excluding hydrogens is 362 g/mol. The van der Waals surface area contributed by atoms with Crippen LogP contribution in [0.15, 0.2) is 29.2 Å². The standard InChI is InChI=1S/C17H27N3O3S.ClH/c1-18-10-7-14-8-11-20(12-9-14)17(21)15-5-4-6-16(13-15)24(22,23)19(2)3;/h4-6,13-14,18H,7-12H2,1-3H3;1H. The summed E-state index contributed by atoms with van der Waals surface area (Å²) in [6, 6.07) is 6.31. The van der Waals surface area contributed by atoms with E-state index in [2.05, 4.69) is 5.32 Å². The topological polar surface area (TPSA) is 69.7 Å². The third-order valence-corrected chi connectivity index (χ3v) is 6.37. The highest BCUT2D eigenvalue weighted by Gasteiger charge is 2.25. The number of amides is 1. The molecule has 0 bridgehead atoms. The lowest BCUT2D eigenvalue weighted by Crippen LogP contribution is -2.39. The van der Waals surface area contributed by atoms with Crippen molar-refractivity contribution in [2.45, 2.75) is 24.2 Å². The van der Waals surface area contributed by atoms with Crippen LogP contribution < -0.4 is 5.32 Å². The summed E-state index contributed by atoms with van der Waals surface area (Å²) in [7, 11) is 1.40. The van der Waals surface area contributed by atoms with Gasteiger partial charge in [-0.1, -0.05) is 6.07 Å². The van der Waals surface area contributed by atoms with Gasteiger partial charge in [-0.3, -0.25) is 4.79 Å². The van der Waals surface area contributed by atoms with Crippen LogP contribution in [0.3, 0.4) is 0 Å². The Hall–Kier alpha value is -1.15. The Labute approximate surface area is 157 Å². The molecular formula is C17H28ClN3O3S. The smallest absolute Gasteiger partial charge is 0.253 e. The van der Waals surface area contributed by atoms with E-state index in [1.54, 1.807) is 12.1 Å². The first-order valence-corrected chi connectivity index (χ1v) is 9.76. The van der Waals surface area contributed by atoms with E-state index >= 15 is 0 Å². The van der Waals surface area contributed by atoms with Gasteiger partial charge in [0, 0.05) is 32.7 Å². The molecule has 8 heteroatoms. The van der Waals surface area contributed by atoms with Crippen LogP contribution in [0.5, 0.6) is 0 Å². The predicted molar refractivity (Wildman–Crippen MR) is 102 cm³/mol. The van der Waals surface area contributed by atoms with E-state index < -0.39 is 10.0 Å². The van der Waals surface area contributed by atoms with Crippen molar-refractivity contribution in [1.29, 1.82) is 0 Å². The number of hydrogen-bond acceptors (Lipinski definition) is 4. The molecule has 1 N–H and O–H groups in total. The molecule has 0 aliphatic carbocycles. The fraction of sp³-hybridized carbons (Fsp3) is 0.588. The molecule has 142 valence electrons. The number of benzene rings is 1. The Bertz CT molecular complexity index is 671. The van der Waals surface area contributed by atoms with Gasteiger partial charge in [0.25, 0.3) is 5.91 Å². The first-order chi connectivity index (χ1) is 11.4. The molecule has 0 aromatic heterocycles. The van der Waals surface area contributed by atoms with Crippen LogP contribution in [-0.2, 0) is 10.0 Å². The van der Waals surface area contributed by atoms with E-state index in [1.807, 2.05) is 11.9 Å². The molecule has 0 unspecified atom stereocenters. The summed E-state index contributed by atoms with van der Waals surface area (Å²) in [5.41, 5.74) is 0.437. The molecule has 0 saturated carbocycles. The second-order valence-electron chi connectivity index (χ2n) is 6.44. The van der Waals surface area contributed by atoms with E-state index in [0.29, 0.717) is 11.5 Å². The van der Waals surface area contributed by atoms with Crippen molar-refractivity contribution in [3.05, 3.63) is 29.8 Å². The molecule has 1 aliphatic rings. The number of nitrogens with one attached hydrogen (secondary N) is 1. The lowest BCUT2D eigenvalue weighted by atomic mass is 9.93. The number of rotatable bonds is 6. The molecule has 25 heavy (non-hydrogen) atoms. The normalized spacial score (nSPS) is 15.9. The molecule has 6 nitrogen and oxygen atoms in total. The van der Waals surface area contributed by atoms with E-state index in [4.69, 9.17) is 0 Å². The van der Waals surface area contributed by atoms with Gasteiger partial charge in [-0.2, -0.15) is 0 Å². The first-order valence-electron chi connectivity index (χ1n) is 8.32. The fourth-order valence-corrected chi connectivity index (χ4v) is 3.90. The molecule has 1 aliphatic heterocycles. The van der Waals surface area contributed by atoms with Gasteiger partial charge in [0.1, 0.15) is 0 Å². The van der Waals surface area contributed by atoms with Crippen molar-refractivity contribution in [2.24, 2.45) is 5.92 Å². The summed E-state index contributed by atoms with van der Waals surface area (Å²) in [5, 5.41) is 3.16. The summed E-state index contributed by atoms with van der Waals surface area (Å²) in [5.74, 6) is 0.569. The maximum absolute atomic E-state index is 12.7. The van der Waals surface area contributed by atoms with Crippen LogP contribution in [-0.4, -0.2) is 64.3 Å². The Kier molecular flexibility index (Phi) is 8.34. The molecule has 1 fully saturated rings. The van der Waals surface area contributed by atoms with Gasteiger partial charge in [0.15, 0.2) is 0 Å². The Balaban J connectivity index is 0.00000312. The highest BCUT2D eigenvalue weighted by Crippen LogP contribution is 2.22. The molecule has 1 aromatic rings. The largest absolute Gasteiger partial charge is 0.339 e. The summed E-state index contributed by atoms with van der Waals surface area (Å²) in [6.07, 6.45) is 3.14. The van der Waals surface area contributed by atoms with Crippen LogP contribution in [0.4, 0.5) is 0 Å². The number of nitrogens with zero attached hydrogens (tertiary/aromatic N) is 2. The third-order valence-electron chi connectivity index (χ3n) is 4.56. The van der Waals surface area contributed by atoms with Crippen molar-refractivity contribution in [2.75, 3.05) is 40.8 Å². The number of likely N-dealkylation sites (tertiary alicyclic amines) is 1. The minimum atomic E-state index is -3.53. The lowest BCUT2D eigenvalue weighted by Gasteiger charge is -2.32. The van der Waals surface area contributed by atoms with Crippen LogP contribution in [0.25, 0.3) is 0 Å². The van der Waals surface area contributed by atoms with Crippen LogP contribution in [0.2, 0.25) is 0 Å². The van der Waals surface area contributed by atoms with Gasteiger partial charge in [-0.15, -0.1) is 12.4 Å². The first kappa shape index (κ1) is 21.9. The SMILES string of the molecule is CNCCC1CCN(C(=O)c2cccc(S(=O)(=O)N(C)C)c2)CC1.Cl. The molecule has 1 amide bonds. The van der Waals surface area contributed by atoms with Crippen molar-refractivity contribution in [3.63, 3.8) is 0 Å². The molecule has 1 heterocycles. The summed E-state index contributed by atoms with van der Waals surface area (Å²) in [4.78, 5) is 14.7. The van der Waals surface area contributed by atoms with Gasteiger partial charge < -0.3 is 10.2 Å². The average molecular weight is 390 g/mol. The predicted octanol–water partition coefficient (Wildman–Crippen LogP) is 1.82. The minimum Gasteiger partial charge on any atom is -0.339 e. The van der Waals surface area contributed by atoms with E-state index in [1.165, 1.54) is 26.2 Å². The van der Waals surface area contributed by atoms with Gasteiger partial charge >= 0.3 is 0 Å². The highest BCUT2D eigenvalue weighted by molar-refractivity contribution is 7.89. The van der Waals surface area contributed by atoms with Crippen molar-refractivity contribution < 1.29 is 13.2 Å². The number of halogens is 1. The molecule has 0 radical (unpaired) electrons.